The summed E-state index contributed by atoms with van der Waals surface area (Å²) in [5, 5.41) is 9.75. The van der Waals surface area contributed by atoms with Crippen LogP contribution in [-0.4, -0.2) is 51.9 Å². The maximum Gasteiger partial charge on any atom is 0.310 e. The monoisotopic (exact) mass is 516 g/mol. The first kappa shape index (κ1) is 27.0. The zero-order valence-electron chi connectivity index (χ0n) is 20.8. The average molecular weight is 517 g/mol. The molecule has 3 rings (SSSR count). The van der Waals surface area contributed by atoms with Gasteiger partial charge >= 0.3 is 5.97 Å². The van der Waals surface area contributed by atoms with Crippen molar-refractivity contribution in [3.63, 3.8) is 0 Å². The van der Waals surface area contributed by atoms with Crippen LogP contribution in [0, 0.1) is 24.2 Å². The van der Waals surface area contributed by atoms with E-state index in [1.807, 2.05) is 11.8 Å². The van der Waals surface area contributed by atoms with E-state index in [-0.39, 0.29) is 28.9 Å². The molecule has 2 aliphatic heterocycles. The number of hydrogen-bond donors (Lipinski definition) is 0. The first-order chi connectivity index (χ1) is 16.8. The van der Waals surface area contributed by atoms with Crippen LogP contribution in [0.5, 0.6) is 0 Å². The number of hydrogen-bond acceptors (Lipinski definition) is 8. The average Bonchev–Trinajstić information content (AvgIpc) is 3.11. The summed E-state index contributed by atoms with van der Waals surface area (Å²) >= 11 is 6.70. The summed E-state index contributed by atoms with van der Waals surface area (Å²) < 4.78 is 7.34. The number of thiocarbonyl (C=S) groups is 1. The van der Waals surface area contributed by atoms with Crippen LogP contribution in [-0.2, 0) is 20.9 Å². The van der Waals surface area contributed by atoms with Crippen LogP contribution in [0.2, 0.25) is 0 Å². The number of carbonyl (C=O) groups excluding carboxylic acids is 2. The number of piperidine rings is 1. The number of pyridine rings is 1. The molecule has 0 radical (unpaired) electrons. The van der Waals surface area contributed by atoms with Crippen molar-refractivity contribution in [3.05, 3.63) is 31.9 Å². The lowest BCUT2D eigenvalue weighted by Crippen LogP contribution is -2.43. The normalized spacial score (nSPS) is 19.4. The molecule has 3 heterocycles. The third-order valence-electron chi connectivity index (χ3n) is 6.39. The Bertz CT molecular complexity index is 1150. The highest BCUT2D eigenvalue weighted by Crippen LogP contribution is 2.37. The summed E-state index contributed by atoms with van der Waals surface area (Å²) in [6.07, 6.45) is 5.04. The zero-order valence-corrected chi connectivity index (χ0v) is 22.4. The Labute approximate surface area is 215 Å². The molecule has 0 saturated carbocycles. The van der Waals surface area contributed by atoms with Gasteiger partial charge in [0.15, 0.2) is 0 Å². The van der Waals surface area contributed by atoms with Crippen molar-refractivity contribution in [3.8, 4) is 6.07 Å². The molecule has 2 fully saturated rings. The summed E-state index contributed by atoms with van der Waals surface area (Å²) in [5.74, 6) is -0.0807. The third-order valence-corrected chi connectivity index (χ3v) is 7.77. The van der Waals surface area contributed by atoms with Gasteiger partial charge in [-0.25, -0.2) is 0 Å². The second-order valence-electron chi connectivity index (χ2n) is 8.62. The number of nitriles is 1. The molecule has 0 N–H and O–H groups in total. The molecule has 2 saturated heterocycles. The lowest BCUT2D eigenvalue weighted by Gasteiger charge is -2.36. The van der Waals surface area contributed by atoms with Crippen molar-refractivity contribution in [2.75, 3.05) is 31.1 Å². The highest BCUT2D eigenvalue weighted by atomic mass is 32.2. The van der Waals surface area contributed by atoms with E-state index in [2.05, 4.69) is 13.0 Å². The predicted molar refractivity (Wildman–Crippen MR) is 142 cm³/mol. The third kappa shape index (κ3) is 5.46. The minimum Gasteiger partial charge on any atom is -0.466 e. The van der Waals surface area contributed by atoms with E-state index >= 15 is 0 Å². The van der Waals surface area contributed by atoms with Gasteiger partial charge in [-0.2, -0.15) is 5.26 Å². The van der Waals surface area contributed by atoms with E-state index in [1.165, 1.54) is 11.8 Å². The molecule has 1 amide bonds. The Balaban J connectivity index is 2.14. The second kappa shape index (κ2) is 11.9. The molecule has 1 unspecified atom stereocenters. The molecule has 1 aromatic heterocycles. The molecule has 10 heteroatoms. The Morgan fingerprint density at radius 1 is 1.31 bits per heavy atom. The Kier molecular flexibility index (Phi) is 9.14. The van der Waals surface area contributed by atoms with E-state index in [0.717, 1.165) is 19.3 Å². The quantitative estimate of drug-likeness (QED) is 0.292. The largest absolute Gasteiger partial charge is 0.466 e. The van der Waals surface area contributed by atoms with Crippen molar-refractivity contribution >= 4 is 52.1 Å². The van der Waals surface area contributed by atoms with Crippen LogP contribution in [0.1, 0.15) is 63.1 Å². The molecule has 1 atom stereocenters. The fourth-order valence-electron chi connectivity index (χ4n) is 4.54. The van der Waals surface area contributed by atoms with E-state index in [1.54, 1.807) is 29.4 Å². The van der Waals surface area contributed by atoms with Gasteiger partial charge in [0.25, 0.3) is 11.5 Å². The molecule has 2 aliphatic rings. The van der Waals surface area contributed by atoms with E-state index in [0.29, 0.717) is 65.4 Å². The van der Waals surface area contributed by atoms with Gasteiger partial charge in [0, 0.05) is 31.7 Å². The van der Waals surface area contributed by atoms with Gasteiger partial charge in [0.05, 0.1) is 17.4 Å². The fraction of sp³-hybridized carbons (Fsp3) is 0.560. The Morgan fingerprint density at radius 2 is 2.06 bits per heavy atom. The molecule has 1 aromatic rings. The lowest BCUT2D eigenvalue weighted by atomic mass is 9.96. The predicted octanol–water partition coefficient (Wildman–Crippen LogP) is 3.83. The molecule has 0 aromatic carbocycles. The highest BCUT2D eigenvalue weighted by molar-refractivity contribution is 8.26. The number of rotatable bonds is 8. The Morgan fingerprint density at radius 3 is 2.69 bits per heavy atom. The molecular formula is C25H32N4O4S2. The van der Waals surface area contributed by atoms with Crippen LogP contribution in [0.25, 0.3) is 6.08 Å². The number of thioether (sulfide) groups is 1. The van der Waals surface area contributed by atoms with Crippen LogP contribution < -0.4 is 10.5 Å². The minimum absolute atomic E-state index is 0.0577. The van der Waals surface area contributed by atoms with Gasteiger partial charge in [0.2, 0.25) is 0 Å². The van der Waals surface area contributed by atoms with E-state index in [9.17, 15) is 19.6 Å². The van der Waals surface area contributed by atoms with Gasteiger partial charge in [-0.3, -0.25) is 23.9 Å². The number of esters is 1. The summed E-state index contributed by atoms with van der Waals surface area (Å²) in [6, 6.07) is 2.05. The Hall–Kier alpha value is -2.64. The van der Waals surface area contributed by atoms with Crippen molar-refractivity contribution in [1.29, 1.82) is 5.26 Å². The lowest BCUT2D eigenvalue weighted by molar-refractivity contribution is -0.148. The van der Waals surface area contributed by atoms with Crippen LogP contribution >= 0.6 is 24.0 Å². The zero-order chi connectivity index (χ0) is 25.7. The smallest absolute Gasteiger partial charge is 0.310 e. The molecule has 0 aliphatic carbocycles. The molecule has 0 spiro atoms. The van der Waals surface area contributed by atoms with Gasteiger partial charge in [-0.05, 0) is 51.7 Å². The molecule has 0 bridgehead atoms. The standard InChI is InChI=1S/C25H32N4O4S2/c1-5-8-12-29-23(31)20(35-25(29)34)13-18-16(4)19(14-26)22(30)28(6-2)21(18)27-11-9-10-17(15-27)24(32)33-7-3/h13,17H,5-12,15H2,1-4H3/b20-13+. The van der Waals surface area contributed by atoms with E-state index in [4.69, 9.17) is 17.0 Å². The number of aromatic nitrogens is 1. The van der Waals surface area contributed by atoms with Crippen molar-refractivity contribution in [2.45, 2.75) is 59.9 Å². The maximum absolute atomic E-state index is 13.2. The summed E-state index contributed by atoms with van der Waals surface area (Å²) in [7, 11) is 0. The number of amides is 1. The topological polar surface area (TPSA) is 95.6 Å². The first-order valence-electron chi connectivity index (χ1n) is 12.1. The number of anilines is 1. The number of nitrogens with zero attached hydrogens (tertiary/aromatic N) is 4. The summed E-state index contributed by atoms with van der Waals surface area (Å²) in [4.78, 5) is 43.0. The molecular weight excluding hydrogens is 484 g/mol. The van der Waals surface area contributed by atoms with Gasteiger partial charge in [-0.15, -0.1) is 0 Å². The summed E-state index contributed by atoms with van der Waals surface area (Å²) in [6.45, 7) is 9.71. The maximum atomic E-state index is 13.2. The second-order valence-corrected chi connectivity index (χ2v) is 10.3. The van der Waals surface area contributed by atoms with Crippen molar-refractivity contribution in [1.82, 2.24) is 9.47 Å². The van der Waals surface area contributed by atoms with Gasteiger partial charge in [-0.1, -0.05) is 37.3 Å². The van der Waals surface area contributed by atoms with E-state index < -0.39 is 0 Å². The number of carbonyl (C=O) groups is 2. The van der Waals surface area contributed by atoms with Gasteiger partial charge < -0.3 is 9.64 Å². The first-order valence-corrected chi connectivity index (χ1v) is 13.4. The minimum atomic E-state index is -0.367. The molecule has 8 nitrogen and oxygen atoms in total. The van der Waals surface area contributed by atoms with Crippen molar-refractivity contribution in [2.24, 2.45) is 5.92 Å². The van der Waals surface area contributed by atoms with Crippen LogP contribution in [0.15, 0.2) is 9.70 Å². The summed E-state index contributed by atoms with van der Waals surface area (Å²) in [5.41, 5.74) is 0.855. The van der Waals surface area contributed by atoms with Crippen molar-refractivity contribution < 1.29 is 14.3 Å². The number of unbranched alkanes of at least 4 members (excludes halogenated alkanes) is 1. The SMILES string of the molecule is CCCCN1C(=O)/C(=C\c2c(C)c(C#N)c(=O)n(CC)c2N2CCCC(C(=O)OCC)C2)SC1=S. The van der Waals surface area contributed by atoms with Crippen LogP contribution in [0.4, 0.5) is 5.82 Å². The highest BCUT2D eigenvalue weighted by Gasteiger charge is 2.34. The van der Waals surface area contributed by atoms with Gasteiger partial charge in [0.1, 0.15) is 21.8 Å². The van der Waals surface area contributed by atoms with Crippen LogP contribution in [0.3, 0.4) is 0 Å². The number of ether oxygens (including phenoxy) is 1. The molecule has 35 heavy (non-hydrogen) atoms. The fourth-order valence-corrected chi connectivity index (χ4v) is 5.83. The molecule has 188 valence electrons.